The third-order valence-electron chi connectivity index (χ3n) is 3.75. The fraction of sp³-hybridized carbons (Fsp3) is 0.294. The predicted molar refractivity (Wildman–Crippen MR) is 85.5 cm³/mol. The standard InChI is InChI=1S/C17H19BrFN/c1-11-6-4-7-12(2)13(11)10-16(20-3)17-14(18)8-5-9-15(17)19/h4-9,16,20H,10H2,1-3H3. The van der Waals surface area contributed by atoms with Gasteiger partial charge in [-0.3, -0.25) is 0 Å². The first-order chi connectivity index (χ1) is 9.54. The van der Waals surface area contributed by atoms with Gasteiger partial charge in [-0.2, -0.15) is 0 Å². The number of halogens is 2. The summed E-state index contributed by atoms with van der Waals surface area (Å²) >= 11 is 3.46. The Labute approximate surface area is 128 Å². The molecule has 20 heavy (non-hydrogen) atoms. The minimum absolute atomic E-state index is 0.0506. The normalized spacial score (nSPS) is 12.4. The van der Waals surface area contributed by atoms with Gasteiger partial charge in [0.2, 0.25) is 0 Å². The summed E-state index contributed by atoms with van der Waals surface area (Å²) in [6.07, 6.45) is 0.772. The first kappa shape index (κ1) is 15.2. The SMILES string of the molecule is CNC(Cc1c(C)cccc1C)c1c(F)cccc1Br. The smallest absolute Gasteiger partial charge is 0.129 e. The van der Waals surface area contributed by atoms with E-state index < -0.39 is 0 Å². The van der Waals surface area contributed by atoms with Crippen LogP contribution in [0.5, 0.6) is 0 Å². The summed E-state index contributed by atoms with van der Waals surface area (Å²) in [5.41, 5.74) is 4.47. The lowest BCUT2D eigenvalue weighted by Crippen LogP contribution is -2.21. The van der Waals surface area contributed by atoms with Crippen molar-refractivity contribution in [1.29, 1.82) is 0 Å². The molecular weight excluding hydrogens is 317 g/mol. The summed E-state index contributed by atoms with van der Waals surface area (Å²) < 4.78 is 14.9. The van der Waals surface area contributed by atoms with Gasteiger partial charge in [0.25, 0.3) is 0 Å². The molecule has 0 aromatic heterocycles. The molecule has 0 spiro atoms. The lowest BCUT2D eigenvalue weighted by Gasteiger charge is -2.21. The fourth-order valence-electron chi connectivity index (χ4n) is 2.57. The largest absolute Gasteiger partial charge is 0.313 e. The van der Waals surface area contributed by atoms with Crippen LogP contribution in [0.3, 0.4) is 0 Å². The molecule has 0 aliphatic rings. The van der Waals surface area contributed by atoms with E-state index in [9.17, 15) is 4.39 Å². The number of rotatable bonds is 4. The first-order valence-electron chi connectivity index (χ1n) is 6.71. The molecule has 2 aromatic carbocycles. The average molecular weight is 336 g/mol. The van der Waals surface area contributed by atoms with Crippen molar-refractivity contribution in [2.24, 2.45) is 0 Å². The maximum Gasteiger partial charge on any atom is 0.129 e. The van der Waals surface area contributed by atoms with Crippen LogP contribution < -0.4 is 5.32 Å². The quantitative estimate of drug-likeness (QED) is 0.853. The van der Waals surface area contributed by atoms with Crippen molar-refractivity contribution < 1.29 is 4.39 Å². The zero-order valence-electron chi connectivity index (χ0n) is 12.0. The summed E-state index contributed by atoms with van der Waals surface area (Å²) in [6, 6.07) is 11.3. The number of likely N-dealkylation sites (N-methyl/N-ethyl adjacent to an activating group) is 1. The second-order valence-electron chi connectivity index (χ2n) is 5.05. The number of hydrogen-bond acceptors (Lipinski definition) is 1. The van der Waals surface area contributed by atoms with Crippen LogP contribution in [0.2, 0.25) is 0 Å². The Morgan fingerprint density at radius 1 is 1.10 bits per heavy atom. The Balaban J connectivity index is 2.39. The van der Waals surface area contributed by atoms with E-state index in [2.05, 4.69) is 53.3 Å². The van der Waals surface area contributed by atoms with Crippen LogP contribution in [0.4, 0.5) is 4.39 Å². The van der Waals surface area contributed by atoms with Gasteiger partial charge in [0.05, 0.1) is 0 Å². The van der Waals surface area contributed by atoms with Crippen molar-refractivity contribution in [2.45, 2.75) is 26.3 Å². The van der Waals surface area contributed by atoms with Crippen molar-refractivity contribution in [1.82, 2.24) is 5.32 Å². The van der Waals surface area contributed by atoms with Crippen LogP contribution >= 0.6 is 15.9 Å². The fourth-order valence-corrected chi connectivity index (χ4v) is 3.19. The van der Waals surface area contributed by atoms with Crippen molar-refractivity contribution >= 4 is 15.9 Å². The minimum Gasteiger partial charge on any atom is -0.313 e. The molecule has 2 rings (SSSR count). The molecule has 2 aromatic rings. The van der Waals surface area contributed by atoms with Crippen LogP contribution in [-0.4, -0.2) is 7.05 Å². The third kappa shape index (κ3) is 3.10. The molecule has 0 aliphatic heterocycles. The molecule has 0 radical (unpaired) electrons. The van der Waals surface area contributed by atoms with Crippen molar-refractivity contribution in [3.63, 3.8) is 0 Å². The Kier molecular flexibility index (Phi) is 4.95. The Morgan fingerprint density at radius 3 is 2.25 bits per heavy atom. The van der Waals surface area contributed by atoms with Crippen LogP contribution in [0.25, 0.3) is 0 Å². The molecule has 0 heterocycles. The summed E-state index contributed by atoms with van der Waals surface area (Å²) in [5, 5.41) is 3.23. The zero-order valence-corrected chi connectivity index (χ0v) is 13.6. The molecule has 3 heteroatoms. The maximum absolute atomic E-state index is 14.1. The number of aryl methyl sites for hydroxylation is 2. The molecular formula is C17H19BrFN. The van der Waals surface area contributed by atoms with Gasteiger partial charge in [-0.1, -0.05) is 40.2 Å². The average Bonchev–Trinajstić information content (AvgIpc) is 2.40. The van der Waals surface area contributed by atoms with E-state index in [-0.39, 0.29) is 11.9 Å². The van der Waals surface area contributed by atoms with Gasteiger partial charge in [0, 0.05) is 16.1 Å². The number of benzene rings is 2. The van der Waals surface area contributed by atoms with Crippen molar-refractivity contribution in [2.75, 3.05) is 7.05 Å². The van der Waals surface area contributed by atoms with E-state index in [0.717, 1.165) is 10.9 Å². The summed E-state index contributed by atoms with van der Waals surface area (Å²) in [4.78, 5) is 0. The second-order valence-corrected chi connectivity index (χ2v) is 5.91. The van der Waals surface area contributed by atoms with E-state index in [4.69, 9.17) is 0 Å². The lowest BCUT2D eigenvalue weighted by atomic mass is 9.93. The molecule has 106 valence electrons. The maximum atomic E-state index is 14.1. The Hall–Kier alpha value is -1.19. The zero-order chi connectivity index (χ0) is 14.7. The molecule has 1 unspecified atom stereocenters. The molecule has 1 nitrogen and oxygen atoms in total. The van der Waals surface area contributed by atoms with Gasteiger partial charge < -0.3 is 5.32 Å². The van der Waals surface area contributed by atoms with Crippen LogP contribution in [0, 0.1) is 19.7 Å². The molecule has 1 N–H and O–H groups in total. The number of hydrogen-bond donors (Lipinski definition) is 1. The van der Waals surface area contributed by atoms with Crippen LogP contribution in [0.1, 0.15) is 28.3 Å². The molecule has 0 bridgehead atoms. The summed E-state index contributed by atoms with van der Waals surface area (Å²) in [5.74, 6) is -0.176. The molecule has 0 aliphatic carbocycles. The monoisotopic (exact) mass is 335 g/mol. The van der Waals surface area contributed by atoms with Crippen LogP contribution in [0.15, 0.2) is 40.9 Å². The highest BCUT2D eigenvalue weighted by Gasteiger charge is 2.19. The van der Waals surface area contributed by atoms with Crippen molar-refractivity contribution in [3.05, 3.63) is 68.9 Å². The first-order valence-corrected chi connectivity index (χ1v) is 7.50. The van der Waals surface area contributed by atoms with Crippen LogP contribution in [-0.2, 0) is 6.42 Å². The molecule has 0 saturated heterocycles. The lowest BCUT2D eigenvalue weighted by molar-refractivity contribution is 0.530. The van der Waals surface area contributed by atoms with Crippen molar-refractivity contribution in [3.8, 4) is 0 Å². The van der Waals surface area contributed by atoms with Gasteiger partial charge in [-0.15, -0.1) is 0 Å². The van der Waals surface area contributed by atoms with Gasteiger partial charge in [-0.05, 0) is 56.1 Å². The topological polar surface area (TPSA) is 12.0 Å². The van der Waals surface area contributed by atoms with E-state index in [1.54, 1.807) is 6.07 Å². The Morgan fingerprint density at radius 2 is 1.70 bits per heavy atom. The highest BCUT2D eigenvalue weighted by atomic mass is 79.9. The minimum atomic E-state index is -0.176. The van der Waals surface area contributed by atoms with E-state index >= 15 is 0 Å². The number of nitrogens with one attached hydrogen (secondary N) is 1. The molecule has 1 atom stereocenters. The second kappa shape index (κ2) is 6.51. The summed E-state index contributed by atoms with van der Waals surface area (Å²) in [6.45, 7) is 4.21. The van der Waals surface area contributed by atoms with Gasteiger partial charge >= 0.3 is 0 Å². The van der Waals surface area contributed by atoms with E-state index in [0.29, 0.717) is 5.56 Å². The summed E-state index contributed by atoms with van der Waals surface area (Å²) in [7, 11) is 1.87. The third-order valence-corrected chi connectivity index (χ3v) is 4.44. The van der Waals surface area contributed by atoms with Gasteiger partial charge in [-0.25, -0.2) is 4.39 Å². The van der Waals surface area contributed by atoms with Gasteiger partial charge in [0.15, 0.2) is 0 Å². The van der Waals surface area contributed by atoms with E-state index in [1.807, 2.05) is 13.1 Å². The van der Waals surface area contributed by atoms with Gasteiger partial charge in [0.1, 0.15) is 5.82 Å². The molecule has 0 amide bonds. The molecule has 0 fully saturated rings. The highest BCUT2D eigenvalue weighted by molar-refractivity contribution is 9.10. The predicted octanol–water partition coefficient (Wildman–Crippen LogP) is 4.71. The molecule has 0 saturated carbocycles. The van der Waals surface area contributed by atoms with E-state index in [1.165, 1.54) is 22.8 Å². The highest BCUT2D eigenvalue weighted by Crippen LogP contribution is 2.30. The Bertz CT molecular complexity index is 569.